The van der Waals surface area contributed by atoms with Crippen LogP contribution in [0.5, 0.6) is 0 Å². The van der Waals surface area contributed by atoms with Gasteiger partial charge in [0.1, 0.15) is 17.5 Å². The van der Waals surface area contributed by atoms with Crippen molar-refractivity contribution in [1.29, 1.82) is 0 Å². The number of benzene rings is 1. The summed E-state index contributed by atoms with van der Waals surface area (Å²) in [6.45, 7) is 1.97. The summed E-state index contributed by atoms with van der Waals surface area (Å²) in [5, 5.41) is 3.70. The largest absolute Gasteiger partial charge is 0.363 e. The fraction of sp³-hybridized carbons (Fsp3) is 0.333. The maximum Gasteiger partial charge on any atom is 0.133 e. The minimum absolute atomic E-state index is 0.0509. The van der Waals surface area contributed by atoms with Gasteiger partial charge in [-0.1, -0.05) is 17.7 Å². The summed E-state index contributed by atoms with van der Waals surface area (Å²) in [4.78, 5) is 8.79. The van der Waals surface area contributed by atoms with Gasteiger partial charge in [0.15, 0.2) is 0 Å². The molecule has 1 heterocycles. The second-order valence-corrected chi connectivity index (χ2v) is 5.51. The van der Waals surface area contributed by atoms with Gasteiger partial charge in [0.25, 0.3) is 0 Å². The van der Waals surface area contributed by atoms with Crippen molar-refractivity contribution < 1.29 is 4.39 Å². The number of nitrogens with zero attached hydrogens (tertiary/aromatic N) is 2. The summed E-state index contributed by atoms with van der Waals surface area (Å²) in [6, 6.07) is 6.21. The van der Waals surface area contributed by atoms with Gasteiger partial charge in [0, 0.05) is 17.1 Å². The minimum Gasteiger partial charge on any atom is -0.363 e. The molecule has 3 nitrogen and oxygen atoms in total. The second-order valence-electron chi connectivity index (χ2n) is 5.11. The van der Waals surface area contributed by atoms with E-state index in [4.69, 9.17) is 11.6 Å². The van der Waals surface area contributed by atoms with E-state index >= 15 is 0 Å². The quantitative estimate of drug-likeness (QED) is 0.911. The van der Waals surface area contributed by atoms with Crippen LogP contribution in [0.1, 0.15) is 43.1 Å². The van der Waals surface area contributed by atoms with Crippen molar-refractivity contribution in [3.05, 3.63) is 52.7 Å². The number of rotatable bonds is 4. The molecule has 0 spiro atoms. The number of nitrogens with one attached hydrogen (secondary N) is 1. The summed E-state index contributed by atoms with van der Waals surface area (Å²) < 4.78 is 13.1. The molecule has 0 bridgehead atoms. The van der Waals surface area contributed by atoms with Crippen LogP contribution in [-0.4, -0.2) is 9.97 Å². The number of aromatic nitrogens is 2. The van der Waals surface area contributed by atoms with Crippen molar-refractivity contribution in [3.8, 4) is 0 Å². The zero-order valence-corrected chi connectivity index (χ0v) is 11.9. The lowest BCUT2D eigenvalue weighted by Crippen LogP contribution is -2.09. The monoisotopic (exact) mass is 291 g/mol. The minimum atomic E-state index is -0.330. The van der Waals surface area contributed by atoms with Crippen LogP contribution in [0.3, 0.4) is 0 Å². The average molecular weight is 292 g/mol. The highest BCUT2D eigenvalue weighted by Crippen LogP contribution is 2.38. The van der Waals surface area contributed by atoms with Gasteiger partial charge in [0.05, 0.1) is 6.04 Å². The molecule has 1 fully saturated rings. The van der Waals surface area contributed by atoms with E-state index in [1.807, 2.05) is 13.0 Å². The summed E-state index contributed by atoms with van der Waals surface area (Å²) >= 11 is 6.07. The molecular formula is C15H15ClFN3. The van der Waals surface area contributed by atoms with E-state index in [0.717, 1.165) is 17.2 Å². The molecule has 0 saturated heterocycles. The highest BCUT2D eigenvalue weighted by atomic mass is 35.5. The molecule has 0 amide bonds. The Morgan fingerprint density at radius 1 is 1.35 bits per heavy atom. The van der Waals surface area contributed by atoms with E-state index in [1.165, 1.54) is 25.0 Å². The molecule has 2 aromatic rings. The third-order valence-corrected chi connectivity index (χ3v) is 3.74. The molecule has 0 radical (unpaired) electrons. The topological polar surface area (TPSA) is 37.8 Å². The van der Waals surface area contributed by atoms with E-state index in [-0.39, 0.29) is 11.9 Å². The first-order valence-corrected chi connectivity index (χ1v) is 7.05. The molecule has 1 aliphatic rings. The van der Waals surface area contributed by atoms with Crippen LogP contribution in [-0.2, 0) is 0 Å². The van der Waals surface area contributed by atoms with Crippen molar-refractivity contribution in [3.63, 3.8) is 0 Å². The molecule has 1 atom stereocenters. The maximum atomic E-state index is 13.1. The van der Waals surface area contributed by atoms with Gasteiger partial charge < -0.3 is 5.32 Å². The van der Waals surface area contributed by atoms with E-state index in [9.17, 15) is 4.39 Å². The lowest BCUT2D eigenvalue weighted by atomic mass is 10.1. The van der Waals surface area contributed by atoms with Gasteiger partial charge in [-0.05, 0) is 43.5 Å². The molecule has 1 N–H and O–H groups in total. The molecule has 1 aromatic carbocycles. The van der Waals surface area contributed by atoms with Crippen molar-refractivity contribution in [2.75, 3.05) is 5.32 Å². The summed E-state index contributed by atoms with van der Waals surface area (Å²) in [5.74, 6) is 1.85. The summed E-state index contributed by atoms with van der Waals surface area (Å²) in [7, 11) is 0. The van der Waals surface area contributed by atoms with Crippen LogP contribution in [0.15, 0.2) is 30.5 Å². The molecular weight excluding hydrogens is 277 g/mol. The Hall–Kier alpha value is -1.68. The second kappa shape index (κ2) is 5.37. The van der Waals surface area contributed by atoms with Crippen molar-refractivity contribution in [1.82, 2.24) is 9.97 Å². The fourth-order valence-electron chi connectivity index (χ4n) is 2.14. The molecule has 104 valence electrons. The Bertz CT molecular complexity index is 628. The first kappa shape index (κ1) is 13.3. The van der Waals surface area contributed by atoms with Crippen LogP contribution < -0.4 is 5.32 Å². The van der Waals surface area contributed by atoms with E-state index in [2.05, 4.69) is 15.3 Å². The van der Waals surface area contributed by atoms with Crippen molar-refractivity contribution in [2.24, 2.45) is 0 Å². The normalized spacial score (nSPS) is 15.9. The van der Waals surface area contributed by atoms with Gasteiger partial charge in [-0.3, -0.25) is 0 Å². The Labute approximate surface area is 122 Å². The standard InChI is InChI=1S/C15H15ClFN3/c1-9(12-5-4-11(17)8-13(12)16)19-14-6-7-18-15(20-14)10-2-3-10/h4-10H,2-3H2,1H3,(H,18,19,20). The average Bonchev–Trinajstić information content (AvgIpc) is 3.23. The van der Waals surface area contributed by atoms with Crippen LogP contribution in [0.4, 0.5) is 10.2 Å². The smallest absolute Gasteiger partial charge is 0.133 e. The lowest BCUT2D eigenvalue weighted by molar-refractivity contribution is 0.626. The van der Waals surface area contributed by atoms with Gasteiger partial charge in [0.2, 0.25) is 0 Å². The van der Waals surface area contributed by atoms with E-state index < -0.39 is 0 Å². The van der Waals surface area contributed by atoms with Gasteiger partial charge >= 0.3 is 0 Å². The van der Waals surface area contributed by atoms with Crippen LogP contribution in [0.25, 0.3) is 0 Å². The predicted molar refractivity (Wildman–Crippen MR) is 77.5 cm³/mol. The number of halogens is 2. The van der Waals surface area contributed by atoms with Gasteiger partial charge in [-0.25, -0.2) is 14.4 Å². The van der Waals surface area contributed by atoms with Gasteiger partial charge in [-0.15, -0.1) is 0 Å². The Morgan fingerprint density at radius 2 is 2.15 bits per heavy atom. The first-order valence-electron chi connectivity index (χ1n) is 6.68. The molecule has 1 unspecified atom stereocenters. The fourth-order valence-corrected chi connectivity index (χ4v) is 2.48. The summed E-state index contributed by atoms with van der Waals surface area (Å²) in [6.07, 6.45) is 4.10. The third kappa shape index (κ3) is 2.90. The Balaban J connectivity index is 1.77. The highest BCUT2D eigenvalue weighted by Gasteiger charge is 2.26. The Kier molecular flexibility index (Phi) is 3.57. The molecule has 5 heteroatoms. The molecule has 1 aromatic heterocycles. The number of hydrogen-bond acceptors (Lipinski definition) is 3. The van der Waals surface area contributed by atoms with Gasteiger partial charge in [-0.2, -0.15) is 0 Å². The van der Waals surface area contributed by atoms with E-state index in [1.54, 1.807) is 12.3 Å². The van der Waals surface area contributed by atoms with Crippen LogP contribution in [0.2, 0.25) is 5.02 Å². The molecule has 20 heavy (non-hydrogen) atoms. The van der Waals surface area contributed by atoms with E-state index in [0.29, 0.717) is 10.9 Å². The number of hydrogen-bond donors (Lipinski definition) is 1. The zero-order valence-electron chi connectivity index (χ0n) is 11.1. The van der Waals surface area contributed by atoms with Crippen LogP contribution in [0, 0.1) is 5.82 Å². The Morgan fingerprint density at radius 3 is 2.85 bits per heavy atom. The maximum absolute atomic E-state index is 13.1. The third-order valence-electron chi connectivity index (χ3n) is 3.41. The van der Waals surface area contributed by atoms with Crippen molar-refractivity contribution >= 4 is 17.4 Å². The molecule has 1 saturated carbocycles. The predicted octanol–water partition coefficient (Wildman–Crippen LogP) is 4.32. The first-order chi connectivity index (χ1) is 9.63. The highest BCUT2D eigenvalue weighted by molar-refractivity contribution is 6.31. The van der Waals surface area contributed by atoms with Crippen LogP contribution >= 0.6 is 11.6 Å². The molecule has 1 aliphatic carbocycles. The van der Waals surface area contributed by atoms with Crippen molar-refractivity contribution in [2.45, 2.75) is 31.7 Å². The number of anilines is 1. The molecule has 0 aliphatic heterocycles. The summed E-state index contributed by atoms with van der Waals surface area (Å²) in [5.41, 5.74) is 0.847. The lowest BCUT2D eigenvalue weighted by Gasteiger charge is -2.16. The molecule has 3 rings (SSSR count). The SMILES string of the molecule is CC(Nc1ccnc(C2CC2)n1)c1ccc(F)cc1Cl. The zero-order chi connectivity index (χ0) is 14.1.